The number of rotatable bonds is 5. The van der Waals surface area contributed by atoms with Crippen molar-refractivity contribution in [2.45, 2.75) is 6.92 Å². The third kappa shape index (κ3) is 2.66. The van der Waals surface area contributed by atoms with Gasteiger partial charge in [-0.15, -0.1) is 0 Å². The normalized spacial score (nSPS) is 10.1. The van der Waals surface area contributed by atoms with Crippen LogP contribution in [0.2, 0.25) is 0 Å². The van der Waals surface area contributed by atoms with E-state index in [-0.39, 0.29) is 11.3 Å². The van der Waals surface area contributed by atoms with Gasteiger partial charge in [0.2, 0.25) is 0 Å². The summed E-state index contributed by atoms with van der Waals surface area (Å²) in [5, 5.41) is 10.8. The maximum Gasteiger partial charge on any atom is 0.280 e. The summed E-state index contributed by atoms with van der Waals surface area (Å²) >= 11 is 0. The molecule has 0 radical (unpaired) electrons. The van der Waals surface area contributed by atoms with Crippen molar-refractivity contribution < 1.29 is 9.72 Å². The molecule has 2 rings (SSSR count). The number of aldehydes is 1. The minimum absolute atomic E-state index is 0.0851. The van der Waals surface area contributed by atoms with Crippen LogP contribution in [0.15, 0.2) is 48.5 Å². The minimum atomic E-state index is -0.549. The van der Waals surface area contributed by atoms with Gasteiger partial charge in [0.25, 0.3) is 5.69 Å². The quantitative estimate of drug-likeness (QED) is 0.473. The topological polar surface area (TPSA) is 63.4 Å². The van der Waals surface area contributed by atoms with Gasteiger partial charge in [0, 0.05) is 24.0 Å². The summed E-state index contributed by atoms with van der Waals surface area (Å²) < 4.78 is 0. The van der Waals surface area contributed by atoms with Crippen molar-refractivity contribution in [3.63, 3.8) is 0 Å². The highest BCUT2D eigenvalue weighted by molar-refractivity contribution is 5.84. The maximum atomic E-state index is 11.0. The fourth-order valence-corrected chi connectivity index (χ4v) is 2.09. The zero-order valence-corrected chi connectivity index (χ0v) is 11.0. The average molecular weight is 270 g/mol. The number of nitro benzene ring substituents is 1. The molecule has 0 aliphatic heterocycles. The Morgan fingerprint density at radius 3 is 2.40 bits per heavy atom. The van der Waals surface area contributed by atoms with Crippen molar-refractivity contribution in [3.05, 3.63) is 64.2 Å². The van der Waals surface area contributed by atoms with E-state index in [1.54, 1.807) is 12.1 Å². The molecule has 0 atom stereocenters. The number of carbonyl (C=O) groups excluding carboxylic acids is 1. The van der Waals surface area contributed by atoms with Crippen molar-refractivity contribution in [1.29, 1.82) is 0 Å². The van der Waals surface area contributed by atoms with Crippen LogP contribution in [0.5, 0.6) is 0 Å². The van der Waals surface area contributed by atoms with Crippen molar-refractivity contribution in [1.82, 2.24) is 0 Å². The van der Waals surface area contributed by atoms with Crippen LogP contribution < -0.4 is 4.90 Å². The minimum Gasteiger partial charge on any atom is -0.342 e. The van der Waals surface area contributed by atoms with Crippen LogP contribution in [0.25, 0.3) is 0 Å². The second kappa shape index (κ2) is 5.97. The first-order chi connectivity index (χ1) is 9.67. The number of para-hydroxylation sites is 1. The first-order valence-corrected chi connectivity index (χ1v) is 6.23. The summed E-state index contributed by atoms with van der Waals surface area (Å²) in [4.78, 5) is 23.3. The summed E-state index contributed by atoms with van der Waals surface area (Å²) in [6, 6.07) is 14.2. The highest BCUT2D eigenvalue weighted by Gasteiger charge is 2.16. The summed E-state index contributed by atoms with van der Waals surface area (Å²) in [6.45, 7) is 2.68. The third-order valence-electron chi connectivity index (χ3n) is 3.03. The van der Waals surface area contributed by atoms with Crippen LogP contribution in [0, 0.1) is 10.1 Å². The number of carbonyl (C=O) groups is 1. The summed E-state index contributed by atoms with van der Waals surface area (Å²) in [7, 11) is 0. The van der Waals surface area contributed by atoms with Gasteiger partial charge >= 0.3 is 0 Å². The van der Waals surface area contributed by atoms with E-state index in [4.69, 9.17) is 0 Å². The second-order valence-corrected chi connectivity index (χ2v) is 4.20. The molecule has 0 aromatic heterocycles. The van der Waals surface area contributed by atoms with E-state index in [2.05, 4.69) is 0 Å². The van der Waals surface area contributed by atoms with E-state index < -0.39 is 4.92 Å². The van der Waals surface area contributed by atoms with E-state index in [0.29, 0.717) is 12.8 Å². The van der Waals surface area contributed by atoms with Gasteiger partial charge in [-0.3, -0.25) is 14.9 Å². The Morgan fingerprint density at radius 1 is 1.15 bits per heavy atom. The fourth-order valence-electron chi connectivity index (χ4n) is 2.09. The van der Waals surface area contributed by atoms with Gasteiger partial charge < -0.3 is 4.90 Å². The molecule has 0 aliphatic carbocycles. The molecular formula is C15H14N2O3. The van der Waals surface area contributed by atoms with Crippen LogP contribution >= 0.6 is 0 Å². The van der Waals surface area contributed by atoms with E-state index in [1.165, 1.54) is 6.07 Å². The predicted molar refractivity (Wildman–Crippen MR) is 77.6 cm³/mol. The first-order valence-electron chi connectivity index (χ1n) is 6.23. The molecule has 0 saturated heterocycles. The highest BCUT2D eigenvalue weighted by atomic mass is 16.6. The number of nitrogens with zero attached hydrogens (tertiary/aromatic N) is 2. The maximum absolute atomic E-state index is 11.0. The van der Waals surface area contributed by atoms with Gasteiger partial charge in [0.1, 0.15) is 0 Å². The lowest BCUT2D eigenvalue weighted by atomic mass is 10.1. The molecule has 0 spiro atoms. The smallest absolute Gasteiger partial charge is 0.280 e. The molecule has 0 aliphatic rings. The van der Waals surface area contributed by atoms with E-state index in [1.807, 2.05) is 42.2 Å². The van der Waals surface area contributed by atoms with Crippen LogP contribution in [-0.2, 0) is 0 Å². The molecule has 2 aromatic carbocycles. The van der Waals surface area contributed by atoms with Crippen LogP contribution in [0.4, 0.5) is 17.1 Å². The van der Waals surface area contributed by atoms with Crippen LogP contribution in [-0.4, -0.2) is 17.8 Å². The number of anilines is 2. The largest absolute Gasteiger partial charge is 0.342 e. The van der Waals surface area contributed by atoms with Gasteiger partial charge in [-0.2, -0.15) is 0 Å². The Balaban J connectivity index is 2.46. The summed E-state index contributed by atoms with van der Waals surface area (Å²) in [5.74, 6) is 0. The fraction of sp³-hybridized carbons (Fsp3) is 0.133. The third-order valence-corrected chi connectivity index (χ3v) is 3.03. The Kier molecular flexibility index (Phi) is 4.10. The van der Waals surface area contributed by atoms with Crippen molar-refractivity contribution in [3.8, 4) is 0 Å². The number of hydrogen-bond acceptors (Lipinski definition) is 4. The van der Waals surface area contributed by atoms with Crippen molar-refractivity contribution in [2.24, 2.45) is 0 Å². The average Bonchev–Trinajstić information content (AvgIpc) is 2.48. The molecule has 0 unspecified atom stereocenters. The molecule has 0 heterocycles. The summed E-state index contributed by atoms with van der Waals surface area (Å²) in [5.41, 5.74) is 1.64. The zero-order chi connectivity index (χ0) is 14.5. The SMILES string of the molecule is CCN(c1ccccc1)c1ccc([N+](=O)[O-])c(C=O)c1. The van der Waals surface area contributed by atoms with E-state index in [0.717, 1.165) is 11.4 Å². The second-order valence-electron chi connectivity index (χ2n) is 4.20. The monoisotopic (exact) mass is 270 g/mol. The Morgan fingerprint density at radius 2 is 1.85 bits per heavy atom. The molecule has 0 bridgehead atoms. The Hall–Kier alpha value is -2.69. The standard InChI is InChI=1S/C15H14N2O3/c1-2-16(13-6-4-3-5-7-13)14-8-9-15(17(19)20)12(10-14)11-18/h3-11H,2H2,1H3. The molecule has 5 heteroatoms. The Labute approximate surface area is 116 Å². The molecule has 0 fully saturated rings. The molecule has 0 N–H and O–H groups in total. The predicted octanol–water partition coefficient (Wildman–Crippen LogP) is 3.57. The van der Waals surface area contributed by atoms with E-state index >= 15 is 0 Å². The molecule has 0 saturated carbocycles. The highest BCUT2D eigenvalue weighted by Crippen LogP contribution is 2.28. The van der Waals surface area contributed by atoms with E-state index in [9.17, 15) is 14.9 Å². The molecule has 20 heavy (non-hydrogen) atoms. The van der Waals surface area contributed by atoms with Gasteiger partial charge in [-0.05, 0) is 31.2 Å². The van der Waals surface area contributed by atoms with Crippen molar-refractivity contribution in [2.75, 3.05) is 11.4 Å². The molecule has 2 aromatic rings. The number of benzene rings is 2. The number of hydrogen-bond donors (Lipinski definition) is 0. The number of nitro groups is 1. The van der Waals surface area contributed by atoms with Crippen LogP contribution in [0.1, 0.15) is 17.3 Å². The molecule has 5 nitrogen and oxygen atoms in total. The Bertz CT molecular complexity index is 626. The lowest BCUT2D eigenvalue weighted by Crippen LogP contribution is -2.16. The molecule has 0 amide bonds. The van der Waals surface area contributed by atoms with Gasteiger partial charge in [-0.25, -0.2) is 0 Å². The van der Waals surface area contributed by atoms with Gasteiger partial charge in [0.15, 0.2) is 6.29 Å². The lowest BCUT2D eigenvalue weighted by Gasteiger charge is -2.23. The molecular weight excluding hydrogens is 256 g/mol. The molecule has 102 valence electrons. The van der Waals surface area contributed by atoms with Gasteiger partial charge in [0.05, 0.1) is 10.5 Å². The van der Waals surface area contributed by atoms with Gasteiger partial charge in [-0.1, -0.05) is 18.2 Å². The first kappa shape index (κ1) is 13.7. The van der Waals surface area contributed by atoms with Crippen molar-refractivity contribution >= 4 is 23.3 Å². The van der Waals surface area contributed by atoms with Crippen LogP contribution in [0.3, 0.4) is 0 Å². The zero-order valence-electron chi connectivity index (χ0n) is 11.0. The lowest BCUT2D eigenvalue weighted by molar-refractivity contribution is -0.385. The summed E-state index contributed by atoms with van der Waals surface area (Å²) in [6.07, 6.45) is 0.514.